The van der Waals surface area contributed by atoms with Gasteiger partial charge in [-0.15, -0.1) is 21.6 Å². The highest BCUT2D eigenvalue weighted by Crippen LogP contribution is 2.38. The van der Waals surface area contributed by atoms with Crippen molar-refractivity contribution in [2.45, 2.75) is 13.1 Å². The van der Waals surface area contributed by atoms with Gasteiger partial charge in [0.2, 0.25) is 0 Å². The zero-order valence-electron chi connectivity index (χ0n) is 20.4. The van der Waals surface area contributed by atoms with E-state index in [1.54, 1.807) is 18.2 Å². The van der Waals surface area contributed by atoms with E-state index in [2.05, 4.69) is 15.5 Å². The minimum atomic E-state index is -4.79. The number of aliphatic hydroxyl groups is 1. The number of thiophene rings is 1. The van der Waals surface area contributed by atoms with Crippen LogP contribution in [0.4, 0.5) is 23.9 Å². The number of rotatable bonds is 7. The Bertz CT molecular complexity index is 1490. The molecule has 3 aromatic rings. The number of esters is 2. The normalized spacial score (nSPS) is 12.2. The minimum Gasteiger partial charge on any atom is -0.505 e. The van der Waals surface area contributed by atoms with E-state index in [1.165, 1.54) is 19.1 Å². The molecule has 0 atom stereocenters. The van der Waals surface area contributed by atoms with E-state index in [4.69, 9.17) is 21.1 Å². The molecule has 1 aromatic heterocycles. The van der Waals surface area contributed by atoms with Crippen molar-refractivity contribution in [2.24, 2.45) is 10.2 Å². The molecule has 2 N–H and O–H groups in total. The molecule has 0 radical (unpaired) electrons. The molecule has 0 saturated heterocycles. The lowest BCUT2D eigenvalue weighted by molar-refractivity contribution is -0.137. The second kappa shape index (κ2) is 12.1. The number of ether oxygens (including phenoxy) is 2. The number of halogens is 4. The number of benzene rings is 2. The van der Waals surface area contributed by atoms with Gasteiger partial charge in [-0.3, -0.25) is 4.79 Å². The Morgan fingerprint density at radius 1 is 1.03 bits per heavy atom. The van der Waals surface area contributed by atoms with Crippen LogP contribution in [-0.2, 0) is 20.4 Å². The second-order valence-corrected chi connectivity index (χ2v) is 9.04. The van der Waals surface area contributed by atoms with Crippen molar-refractivity contribution in [3.63, 3.8) is 0 Å². The van der Waals surface area contributed by atoms with Crippen molar-refractivity contribution in [2.75, 3.05) is 19.5 Å². The molecule has 0 spiro atoms. The lowest BCUT2D eigenvalue weighted by Crippen LogP contribution is -2.16. The van der Waals surface area contributed by atoms with Gasteiger partial charge < -0.3 is 19.9 Å². The van der Waals surface area contributed by atoms with Crippen molar-refractivity contribution in [1.82, 2.24) is 0 Å². The van der Waals surface area contributed by atoms with E-state index in [0.29, 0.717) is 6.07 Å². The molecule has 39 heavy (non-hydrogen) atoms. The third-order valence-electron chi connectivity index (χ3n) is 5.15. The van der Waals surface area contributed by atoms with Gasteiger partial charge in [0.25, 0.3) is 5.91 Å². The summed E-state index contributed by atoms with van der Waals surface area (Å²) in [5.41, 5.74) is -1.98. The number of carbonyl (C=O) groups excluding carboxylic acids is 3. The average molecular weight is 582 g/mol. The Morgan fingerprint density at radius 3 is 2.26 bits per heavy atom. The van der Waals surface area contributed by atoms with Crippen LogP contribution in [0.15, 0.2) is 64.5 Å². The maximum atomic E-state index is 13.3. The first kappa shape index (κ1) is 29.3. The molecular weight excluding hydrogens is 563 g/mol. The SMILES string of the molecule is COC(=O)c1sc(N=N/C(C(=O)Nc2ccc(Cl)c(C(F)(F)F)c2)=C(/O)c2ccccc2)c(C(=O)OC)c1C. The summed E-state index contributed by atoms with van der Waals surface area (Å²) in [4.78, 5) is 37.7. The Hall–Kier alpha value is -4.23. The summed E-state index contributed by atoms with van der Waals surface area (Å²) in [5, 5.41) is 20.1. The predicted octanol–water partition coefficient (Wildman–Crippen LogP) is 6.95. The van der Waals surface area contributed by atoms with Crippen LogP contribution >= 0.6 is 22.9 Å². The summed E-state index contributed by atoms with van der Waals surface area (Å²) in [7, 11) is 2.25. The summed E-state index contributed by atoms with van der Waals surface area (Å²) in [6, 6.07) is 10.4. The van der Waals surface area contributed by atoms with Crippen LogP contribution < -0.4 is 5.32 Å². The molecule has 0 fully saturated rings. The maximum Gasteiger partial charge on any atom is 0.417 e. The monoisotopic (exact) mass is 581 g/mol. The number of anilines is 1. The second-order valence-electron chi connectivity index (χ2n) is 7.63. The number of hydrogen-bond donors (Lipinski definition) is 2. The van der Waals surface area contributed by atoms with Gasteiger partial charge >= 0.3 is 18.1 Å². The van der Waals surface area contributed by atoms with Crippen molar-refractivity contribution in [3.8, 4) is 0 Å². The van der Waals surface area contributed by atoms with E-state index in [1.807, 2.05) is 0 Å². The summed E-state index contributed by atoms with van der Waals surface area (Å²) in [6.45, 7) is 1.46. The first-order valence-corrected chi connectivity index (χ1v) is 12.0. The number of methoxy groups -OCH3 is 2. The molecule has 1 amide bonds. The van der Waals surface area contributed by atoms with Crippen LogP contribution in [0.2, 0.25) is 5.02 Å². The van der Waals surface area contributed by atoms with Crippen LogP contribution in [-0.4, -0.2) is 37.2 Å². The lowest BCUT2D eigenvalue weighted by atomic mass is 10.1. The highest BCUT2D eigenvalue weighted by Gasteiger charge is 2.33. The first-order valence-electron chi connectivity index (χ1n) is 10.8. The molecule has 0 unspecified atom stereocenters. The van der Waals surface area contributed by atoms with E-state index >= 15 is 0 Å². The Morgan fingerprint density at radius 2 is 1.67 bits per heavy atom. The fraction of sp³-hybridized carbons (Fsp3) is 0.160. The third-order valence-corrected chi connectivity index (χ3v) is 6.63. The van der Waals surface area contributed by atoms with Gasteiger partial charge in [0.05, 0.1) is 24.8 Å². The Balaban J connectivity index is 2.11. The molecular formula is C25H19ClF3N3O6S. The standard InChI is InChI=1S/C25H19ClF3N3O6S/c1-12-17(23(35)37-2)22(39-20(12)24(36)38-3)32-31-18(19(33)13-7-5-4-6-8-13)21(34)30-14-9-10-16(26)15(11-14)25(27,28)29/h4-11,33H,1-3H3,(H,30,34)/b19-18+,32-31?. The molecule has 14 heteroatoms. The lowest BCUT2D eigenvalue weighted by Gasteiger charge is -2.12. The van der Waals surface area contributed by atoms with Gasteiger partial charge in [-0.2, -0.15) is 13.2 Å². The van der Waals surface area contributed by atoms with Crippen LogP contribution in [0.5, 0.6) is 0 Å². The number of alkyl halides is 3. The van der Waals surface area contributed by atoms with Crippen LogP contribution in [0.3, 0.4) is 0 Å². The zero-order valence-corrected chi connectivity index (χ0v) is 22.0. The summed E-state index contributed by atoms with van der Waals surface area (Å²) >= 11 is 6.37. The van der Waals surface area contributed by atoms with Crippen molar-refractivity contribution >= 4 is 57.2 Å². The molecule has 0 aliphatic carbocycles. The summed E-state index contributed by atoms with van der Waals surface area (Å²) in [5.74, 6) is -3.40. The Kier molecular flexibility index (Phi) is 9.09. The van der Waals surface area contributed by atoms with Gasteiger partial charge in [0, 0.05) is 11.3 Å². The van der Waals surface area contributed by atoms with Crippen LogP contribution in [0.1, 0.15) is 36.7 Å². The molecule has 3 rings (SSSR count). The fourth-order valence-corrected chi connectivity index (χ4v) is 4.50. The average Bonchev–Trinajstić information content (AvgIpc) is 3.24. The third kappa shape index (κ3) is 6.62. The zero-order chi connectivity index (χ0) is 28.9. The maximum absolute atomic E-state index is 13.3. The molecule has 1 heterocycles. The largest absolute Gasteiger partial charge is 0.505 e. The highest BCUT2D eigenvalue weighted by atomic mass is 35.5. The molecule has 0 aliphatic rings. The van der Waals surface area contributed by atoms with Gasteiger partial charge in [-0.1, -0.05) is 41.9 Å². The molecule has 9 nitrogen and oxygen atoms in total. The van der Waals surface area contributed by atoms with E-state index < -0.39 is 46.1 Å². The smallest absolute Gasteiger partial charge is 0.417 e. The molecule has 0 aliphatic heterocycles. The first-order chi connectivity index (χ1) is 18.4. The van der Waals surface area contributed by atoms with Crippen LogP contribution in [0, 0.1) is 6.92 Å². The molecule has 2 aromatic carbocycles. The predicted molar refractivity (Wildman–Crippen MR) is 137 cm³/mol. The number of azo groups is 1. The van der Waals surface area contributed by atoms with Gasteiger partial charge in [0.15, 0.2) is 16.5 Å². The van der Waals surface area contributed by atoms with Gasteiger partial charge in [-0.25, -0.2) is 9.59 Å². The highest BCUT2D eigenvalue weighted by molar-refractivity contribution is 7.18. The number of nitrogens with zero attached hydrogens (tertiary/aromatic N) is 2. The number of hydrogen-bond acceptors (Lipinski definition) is 9. The topological polar surface area (TPSA) is 127 Å². The number of aliphatic hydroxyl groups excluding tert-OH is 1. The van der Waals surface area contributed by atoms with Crippen LogP contribution in [0.25, 0.3) is 5.76 Å². The van der Waals surface area contributed by atoms with E-state index in [0.717, 1.165) is 37.7 Å². The molecule has 204 valence electrons. The van der Waals surface area contributed by atoms with E-state index in [-0.39, 0.29) is 32.3 Å². The summed E-state index contributed by atoms with van der Waals surface area (Å²) in [6.07, 6.45) is -4.79. The fourth-order valence-electron chi connectivity index (χ4n) is 3.24. The minimum absolute atomic E-state index is 0.0231. The Labute approximate surface area is 228 Å². The van der Waals surface area contributed by atoms with E-state index in [9.17, 15) is 32.7 Å². The molecule has 0 saturated carbocycles. The summed E-state index contributed by atoms with van der Waals surface area (Å²) < 4.78 is 49.3. The molecule has 0 bridgehead atoms. The van der Waals surface area contributed by atoms with Crippen molar-refractivity contribution in [1.29, 1.82) is 0 Å². The number of carbonyl (C=O) groups is 3. The number of amides is 1. The van der Waals surface area contributed by atoms with Crippen molar-refractivity contribution in [3.05, 3.63) is 86.4 Å². The number of nitrogens with one attached hydrogen (secondary N) is 1. The quantitative estimate of drug-likeness (QED) is 0.134. The van der Waals surface area contributed by atoms with Gasteiger partial charge in [0.1, 0.15) is 10.4 Å². The van der Waals surface area contributed by atoms with Crippen molar-refractivity contribution < 1.29 is 42.1 Å². The van der Waals surface area contributed by atoms with Gasteiger partial charge in [-0.05, 0) is 30.7 Å².